The van der Waals surface area contributed by atoms with Crippen LogP contribution in [-0.2, 0) is 37.1 Å². The van der Waals surface area contributed by atoms with Crippen LogP contribution in [0.2, 0.25) is 0 Å². The minimum atomic E-state index is -0.161. The second-order valence-corrected chi connectivity index (χ2v) is 13.1. The molecule has 0 saturated carbocycles. The highest BCUT2D eigenvalue weighted by Gasteiger charge is 2.34. The molecule has 2 N–H and O–H groups in total. The number of nitrogens with zero attached hydrogens (tertiary/aromatic N) is 2. The third-order valence-corrected chi connectivity index (χ3v) is 10.0. The van der Waals surface area contributed by atoms with E-state index in [1.807, 2.05) is 24.3 Å². The Morgan fingerprint density at radius 3 is 2.27 bits per heavy atom. The van der Waals surface area contributed by atoms with Crippen LogP contribution in [0.25, 0.3) is 0 Å². The number of benzene rings is 4. The standard InChI is InChI=1S/C39H43N3O6/c1-23(44)40-31-11-8-25-17-32-30-21-36(35(45-4)20-26(30)12-14-41(32)2)48-39-37-27(19-28(22-43)38(39)46-5)13-15-42(3)33(37)16-24-6-9-29(10-7-24)47-34(31)18-25/h6-11,18-21,32-33,43H,12-17,22H2,1-5H3,(H,40,44)/t32-,33+/m1/s1. The lowest BCUT2D eigenvalue weighted by molar-refractivity contribution is -0.114. The number of fused-ring (bicyclic) bond motifs is 2. The van der Waals surface area contributed by atoms with Gasteiger partial charge in [-0.1, -0.05) is 18.2 Å². The van der Waals surface area contributed by atoms with Gasteiger partial charge in [0.15, 0.2) is 28.7 Å². The molecule has 9 nitrogen and oxygen atoms in total. The lowest BCUT2D eigenvalue weighted by Crippen LogP contribution is -2.34. The number of ether oxygens (including phenoxy) is 4. The van der Waals surface area contributed by atoms with Crippen molar-refractivity contribution in [2.24, 2.45) is 0 Å². The highest BCUT2D eigenvalue weighted by molar-refractivity contribution is 5.90. The molecule has 4 aliphatic rings. The van der Waals surface area contributed by atoms with Crippen molar-refractivity contribution in [3.63, 3.8) is 0 Å². The van der Waals surface area contributed by atoms with Gasteiger partial charge in [0.05, 0.1) is 26.5 Å². The number of aliphatic hydroxyl groups excluding tert-OH is 1. The van der Waals surface area contributed by atoms with Crippen molar-refractivity contribution in [1.82, 2.24) is 9.80 Å². The predicted octanol–water partition coefficient (Wildman–Crippen LogP) is 6.60. The Labute approximate surface area is 282 Å². The number of amides is 1. The average Bonchev–Trinajstić information content (AvgIpc) is 3.08. The topological polar surface area (TPSA) is 92.7 Å². The van der Waals surface area contributed by atoms with Crippen molar-refractivity contribution >= 4 is 11.6 Å². The predicted molar refractivity (Wildman–Crippen MR) is 185 cm³/mol. The Bertz CT molecular complexity index is 1860. The molecular weight excluding hydrogens is 606 g/mol. The third kappa shape index (κ3) is 5.98. The molecule has 0 saturated heterocycles. The first-order valence-corrected chi connectivity index (χ1v) is 16.6. The summed E-state index contributed by atoms with van der Waals surface area (Å²) in [6.45, 7) is 3.11. The first-order valence-electron chi connectivity index (χ1n) is 16.6. The molecule has 4 heterocycles. The van der Waals surface area contributed by atoms with E-state index >= 15 is 0 Å². The van der Waals surface area contributed by atoms with Crippen LogP contribution in [0.15, 0.2) is 60.7 Å². The molecule has 48 heavy (non-hydrogen) atoms. The van der Waals surface area contributed by atoms with Crippen molar-refractivity contribution in [3.05, 3.63) is 99.6 Å². The van der Waals surface area contributed by atoms with Gasteiger partial charge < -0.3 is 29.4 Å². The highest BCUT2D eigenvalue weighted by Crippen LogP contribution is 2.50. The van der Waals surface area contributed by atoms with E-state index in [0.29, 0.717) is 45.7 Å². The Morgan fingerprint density at radius 2 is 1.56 bits per heavy atom. The largest absolute Gasteiger partial charge is 0.493 e. The zero-order valence-electron chi connectivity index (χ0n) is 28.3. The van der Waals surface area contributed by atoms with E-state index in [1.54, 1.807) is 14.2 Å². The van der Waals surface area contributed by atoms with Crippen molar-refractivity contribution in [2.45, 2.75) is 51.3 Å². The zero-order valence-corrected chi connectivity index (χ0v) is 28.3. The van der Waals surface area contributed by atoms with Crippen molar-refractivity contribution < 1.29 is 28.8 Å². The zero-order chi connectivity index (χ0) is 33.5. The molecule has 4 aliphatic heterocycles. The number of hydrogen-bond donors (Lipinski definition) is 2. The second kappa shape index (κ2) is 13.1. The Morgan fingerprint density at radius 1 is 0.854 bits per heavy atom. The van der Waals surface area contributed by atoms with Gasteiger partial charge in [-0.15, -0.1) is 0 Å². The maximum atomic E-state index is 12.1. The second-order valence-electron chi connectivity index (χ2n) is 13.1. The smallest absolute Gasteiger partial charge is 0.221 e. The van der Waals surface area contributed by atoms with Gasteiger partial charge in [-0.2, -0.15) is 0 Å². The average molecular weight is 650 g/mol. The van der Waals surface area contributed by atoms with Gasteiger partial charge in [0.1, 0.15) is 5.75 Å². The van der Waals surface area contributed by atoms with Crippen LogP contribution >= 0.6 is 0 Å². The van der Waals surface area contributed by atoms with Crippen LogP contribution in [0.4, 0.5) is 5.69 Å². The number of nitrogens with one attached hydrogen (secondary N) is 1. The number of aliphatic hydroxyl groups is 1. The molecule has 8 rings (SSSR count). The number of hydrogen-bond acceptors (Lipinski definition) is 8. The van der Waals surface area contributed by atoms with Crippen LogP contribution in [0, 0.1) is 0 Å². The van der Waals surface area contributed by atoms with Gasteiger partial charge in [-0.3, -0.25) is 14.6 Å². The summed E-state index contributed by atoms with van der Waals surface area (Å²) in [5, 5.41) is 13.4. The first-order chi connectivity index (χ1) is 23.3. The Balaban J connectivity index is 1.45. The third-order valence-electron chi connectivity index (χ3n) is 10.0. The number of methoxy groups -OCH3 is 2. The summed E-state index contributed by atoms with van der Waals surface area (Å²) >= 11 is 0. The minimum Gasteiger partial charge on any atom is -0.493 e. The van der Waals surface area contributed by atoms with Crippen LogP contribution in [-0.4, -0.2) is 62.2 Å². The molecule has 0 unspecified atom stereocenters. The SMILES string of the molecule is COc1cc2c3cc1Oc1c(OC)c(CO)cc4c1[C@H](Cc1ccc(cc1)Oc1cc(ccc1NC(C)=O)C[C@H]3N(C)CC2)N(C)CC4. The molecule has 0 spiro atoms. The van der Waals surface area contributed by atoms with E-state index in [4.69, 9.17) is 18.9 Å². The maximum Gasteiger partial charge on any atom is 0.221 e. The lowest BCUT2D eigenvalue weighted by atomic mass is 9.86. The van der Waals surface area contributed by atoms with Crippen molar-refractivity contribution in [2.75, 3.05) is 46.7 Å². The quantitative estimate of drug-likeness (QED) is 0.256. The molecule has 0 aliphatic carbocycles. The van der Waals surface area contributed by atoms with E-state index in [1.165, 1.54) is 18.1 Å². The fourth-order valence-electron chi connectivity index (χ4n) is 7.50. The molecule has 1 amide bonds. The molecule has 2 atom stereocenters. The van der Waals surface area contributed by atoms with Crippen molar-refractivity contribution in [1.29, 1.82) is 0 Å². The summed E-state index contributed by atoms with van der Waals surface area (Å²) in [7, 11) is 7.60. The van der Waals surface area contributed by atoms with E-state index < -0.39 is 0 Å². The van der Waals surface area contributed by atoms with Gasteiger partial charge in [0.2, 0.25) is 5.91 Å². The van der Waals surface area contributed by atoms with Gasteiger partial charge in [0, 0.05) is 43.2 Å². The maximum absolute atomic E-state index is 12.1. The van der Waals surface area contributed by atoms with E-state index in [-0.39, 0.29) is 24.6 Å². The van der Waals surface area contributed by atoms with Crippen LogP contribution in [0.1, 0.15) is 58.0 Å². The normalized spacial score (nSPS) is 18.9. The number of anilines is 1. The summed E-state index contributed by atoms with van der Waals surface area (Å²) in [5.74, 6) is 3.56. The van der Waals surface area contributed by atoms with Crippen LogP contribution in [0.5, 0.6) is 34.5 Å². The van der Waals surface area contributed by atoms with Gasteiger partial charge in [0.25, 0.3) is 0 Å². The van der Waals surface area contributed by atoms with E-state index in [9.17, 15) is 9.90 Å². The molecule has 4 aromatic rings. The summed E-state index contributed by atoms with van der Waals surface area (Å²) in [4.78, 5) is 16.8. The Hall–Kier alpha value is -4.57. The highest BCUT2D eigenvalue weighted by atomic mass is 16.5. The summed E-state index contributed by atoms with van der Waals surface area (Å²) in [6.07, 6.45) is 3.15. The van der Waals surface area contributed by atoms with Crippen LogP contribution in [0.3, 0.4) is 0 Å². The summed E-state index contributed by atoms with van der Waals surface area (Å²) in [5.41, 5.74) is 8.14. The molecule has 9 heteroatoms. The lowest BCUT2D eigenvalue weighted by Gasteiger charge is -2.37. The van der Waals surface area contributed by atoms with Gasteiger partial charge in [-0.25, -0.2) is 0 Å². The first kappa shape index (κ1) is 32.0. The summed E-state index contributed by atoms with van der Waals surface area (Å²) < 4.78 is 25.4. The molecule has 0 radical (unpaired) electrons. The van der Waals surface area contributed by atoms with E-state index in [2.05, 4.69) is 65.6 Å². The molecular formula is C39H43N3O6. The Kier molecular flexibility index (Phi) is 8.76. The molecule has 250 valence electrons. The van der Waals surface area contributed by atoms with Gasteiger partial charge >= 0.3 is 0 Å². The molecule has 6 bridgehead atoms. The van der Waals surface area contributed by atoms with E-state index in [0.717, 1.165) is 61.0 Å². The number of rotatable bonds is 4. The monoisotopic (exact) mass is 649 g/mol. The van der Waals surface area contributed by atoms with Crippen molar-refractivity contribution in [3.8, 4) is 34.5 Å². The summed E-state index contributed by atoms with van der Waals surface area (Å²) in [6, 6.07) is 20.5. The molecule has 0 aromatic heterocycles. The van der Waals surface area contributed by atoms with Crippen LogP contribution < -0.4 is 24.3 Å². The minimum absolute atomic E-state index is 0.0124. The fraction of sp³-hybridized carbons (Fsp3) is 0.359. The number of likely N-dealkylation sites (N-methyl/N-ethyl adjacent to an activating group) is 2. The fourth-order valence-corrected chi connectivity index (χ4v) is 7.50. The van der Waals surface area contributed by atoms with Gasteiger partial charge in [-0.05, 0) is 110 Å². The molecule has 0 fully saturated rings. The molecule has 4 aromatic carbocycles. The number of carbonyl (C=O) groups is 1. The number of carbonyl (C=O) groups excluding carboxylic acids is 1.